The SMILES string of the molecule is Cc1noc(C)c1CN1CCC(n2c(=O)[nH]c3ccccc32)CC1. The lowest BCUT2D eigenvalue weighted by Crippen LogP contribution is -2.36. The number of H-pyrrole nitrogens is 1. The van der Waals surface area contributed by atoms with Crippen LogP contribution in [0.3, 0.4) is 0 Å². The van der Waals surface area contributed by atoms with Crippen LogP contribution in [0.5, 0.6) is 0 Å². The van der Waals surface area contributed by atoms with Gasteiger partial charge < -0.3 is 9.51 Å². The summed E-state index contributed by atoms with van der Waals surface area (Å²) in [5, 5.41) is 4.03. The summed E-state index contributed by atoms with van der Waals surface area (Å²) in [7, 11) is 0. The molecule has 1 aliphatic rings. The Labute approximate surface area is 140 Å². The zero-order chi connectivity index (χ0) is 16.7. The molecule has 126 valence electrons. The Balaban J connectivity index is 1.50. The molecule has 1 aliphatic heterocycles. The molecule has 0 bridgehead atoms. The minimum atomic E-state index is 0.000346. The van der Waals surface area contributed by atoms with Gasteiger partial charge in [0.15, 0.2) is 0 Å². The molecule has 1 saturated heterocycles. The van der Waals surface area contributed by atoms with E-state index in [4.69, 9.17) is 4.52 Å². The van der Waals surface area contributed by atoms with Gasteiger partial charge in [-0.15, -0.1) is 0 Å². The van der Waals surface area contributed by atoms with E-state index in [1.165, 1.54) is 5.56 Å². The van der Waals surface area contributed by atoms with Crippen molar-refractivity contribution in [2.45, 2.75) is 39.3 Å². The molecular formula is C18H22N4O2. The number of nitrogens with one attached hydrogen (secondary N) is 1. The second-order valence-electron chi connectivity index (χ2n) is 6.63. The molecule has 1 N–H and O–H groups in total. The number of fused-ring (bicyclic) bond motifs is 1. The summed E-state index contributed by atoms with van der Waals surface area (Å²) in [5.74, 6) is 0.905. The second kappa shape index (κ2) is 5.94. The van der Waals surface area contributed by atoms with Crippen molar-refractivity contribution >= 4 is 11.0 Å². The van der Waals surface area contributed by atoms with Crippen LogP contribution < -0.4 is 5.69 Å². The number of nitrogens with zero attached hydrogens (tertiary/aromatic N) is 3. The summed E-state index contributed by atoms with van der Waals surface area (Å²) in [6.07, 6.45) is 1.95. The van der Waals surface area contributed by atoms with Crippen LogP contribution in [0.25, 0.3) is 11.0 Å². The maximum atomic E-state index is 12.3. The van der Waals surface area contributed by atoms with Crippen molar-refractivity contribution < 1.29 is 4.52 Å². The average molecular weight is 326 g/mol. The van der Waals surface area contributed by atoms with Gasteiger partial charge in [0, 0.05) is 31.2 Å². The van der Waals surface area contributed by atoms with Crippen molar-refractivity contribution in [3.63, 3.8) is 0 Å². The third-order valence-corrected chi connectivity index (χ3v) is 5.11. The number of piperidine rings is 1. The van der Waals surface area contributed by atoms with Gasteiger partial charge in [-0.05, 0) is 38.8 Å². The highest BCUT2D eigenvalue weighted by Gasteiger charge is 2.24. The summed E-state index contributed by atoms with van der Waals surface area (Å²) in [6, 6.07) is 8.17. The van der Waals surface area contributed by atoms with Crippen molar-refractivity contribution in [2.24, 2.45) is 0 Å². The summed E-state index contributed by atoms with van der Waals surface area (Å²) >= 11 is 0. The van der Waals surface area contributed by atoms with Gasteiger partial charge in [0.2, 0.25) is 0 Å². The molecule has 2 aromatic heterocycles. The van der Waals surface area contributed by atoms with Gasteiger partial charge >= 0.3 is 5.69 Å². The third-order valence-electron chi connectivity index (χ3n) is 5.11. The van der Waals surface area contributed by atoms with Crippen LogP contribution in [0.2, 0.25) is 0 Å². The van der Waals surface area contributed by atoms with E-state index in [-0.39, 0.29) is 11.7 Å². The Kier molecular flexibility index (Phi) is 3.76. The van der Waals surface area contributed by atoms with Crippen LogP contribution >= 0.6 is 0 Å². The van der Waals surface area contributed by atoms with Gasteiger partial charge in [-0.25, -0.2) is 4.79 Å². The van der Waals surface area contributed by atoms with Gasteiger partial charge in [0.05, 0.1) is 16.7 Å². The zero-order valence-electron chi connectivity index (χ0n) is 14.1. The number of para-hydroxylation sites is 2. The minimum absolute atomic E-state index is 0.000346. The Morgan fingerprint density at radius 2 is 2.00 bits per heavy atom. The molecule has 0 atom stereocenters. The fourth-order valence-electron chi connectivity index (χ4n) is 3.72. The maximum Gasteiger partial charge on any atom is 0.326 e. The maximum absolute atomic E-state index is 12.3. The monoisotopic (exact) mass is 326 g/mol. The fraction of sp³-hybridized carbons (Fsp3) is 0.444. The first-order valence-electron chi connectivity index (χ1n) is 8.47. The smallest absolute Gasteiger partial charge is 0.326 e. The van der Waals surface area contributed by atoms with E-state index >= 15 is 0 Å². The van der Waals surface area contributed by atoms with Crippen LogP contribution in [-0.2, 0) is 6.54 Å². The van der Waals surface area contributed by atoms with E-state index in [0.717, 1.165) is 55.0 Å². The lowest BCUT2D eigenvalue weighted by Gasteiger charge is -2.32. The molecule has 0 aliphatic carbocycles. The van der Waals surface area contributed by atoms with Crippen LogP contribution in [-0.4, -0.2) is 32.7 Å². The molecule has 0 radical (unpaired) electrons. The summed E-state index contributed by atoms with van der Waals surface area (Å²) in [5.41, 5.74) is 4.09. The number of aryl methyl sites for hydroxylation is 2. The van der Waals surface area contributed by atoms with Gasteiger partial charge in [-0.3, -0.25) is 9.47 Å². The van der Waals surface area contributed by atoms with Crippen molar-refractivity contribution in [3.05, 3.63) is 51.8 Å². The Morgan fingerprint density at radius 1 is 1.25 bits per heavy atom. The minimum Gasteiger partial charge on any atom is -0.361 e. The summed E-state index contributed by atoms with van der Waals surface area (Å²) in [4.78, 5) is 17.7. The number of hydrogen-bond donors (Lipinski definition) is 1. The van der Waals surface area contributed by atoms with Crippen molar-refractivity contribution in [1.29, 1.82) is 0 Å². The number of imidazole rings is 1. The van der Waals surface area contributed by atoms with Crippen LogP contribution in [0.4, 0.5) is 0 Å². The normalized spacial score (nSPS) is 16.9. The van der Waals surface area contributed by atoms with E-state index in [2.05, 4.69) is 15.0 Å². The standard InChI is InChI=1S/C18H22N4O2/c1-12-15(13(2)24-20-12)11-21-9-7-14(8-10-21)22-17-6-4-3-5-16(17)19-18(22)23/h3-6,14H,7-11H2,1-2H3,(H,19,23). The molecule has 0 spiro atoms. The van der Waals surface area contributed by atoms with E-state index in [0.29, 0.717) is 0 Å². The van der Waals surface area contributed by atoms with Gasteiger partial charge in [0.25, 0.3) is 0 Å². The highest BCUT2D eigenvalue weighted by Crippen LogP contribution is 2.26. The number of hydrogen-bond acceptors (Lipinski definition) is 4. The molecule has 6 nitrogen and oxygen atoms in total. The van der Waals surface area contributed by atoms with E-state index < -0.39 is 0 Å². The summed E-state index contributed by atoms with van der Waals surface area (Å²) in [6.45, 7) is 6.77. The molecule has 0 amide bonds. The zero-order valence-corrected chi connectivity index (χ0v) is 14.1. The lowest BCUT2D eigenvalue weighted by molar-refractivity contribution is 0.179. The predicted octanol–water partition coefficient (Wildman–Crippen LogP) is 2.77. The third kappa shape index (κ3) is 2.57. The van der Waals surface area contributed by atoms with Gasteiger partial charge in [-0.2, -0.15) is 0 Å². The number of rotatable bonds is 3. The topological polar surface area (TPSA) is 67.1 Å². The van der Waals surface area contributed by atoms with Crippen molar-refractivity contribution in [2.75, 3.05) is 13.1 Å². The largest absolute Gasteiger partial charge is 0.361 e. The molecule has 0 unspecified atom stereocenters. The van der Waals surface area contributed by atoms with Crippen LogP contribution in [0, 0.1) is 13.8 Å². The number of aromatic nitrogens is 3. The van der Waals surface area contributed by atoms with E-state index in [1.807, 2.05) is 42.7 Å². The fourth-order valence-corrected chi connectivity index (χ4v) is 3.72. The molecule has 1 aromatic carbocycles. The molecule has 3 heterocycles. The van der Waals surface area contributed by atoms with Crippen LogP contribution in [0.15, 0.2) is 33.6 Å². The lowest BCUT2D eigenvalue weighted by atomic mass is 10.0. The molecule has 3 aromatic rings. The van der Waals surface area contributed by atoms with Crippen molar-refractivity contribution in [1.82, 2.24) is 19.6 Å². The van der Waals surface area contributed by atoms with E-state index in [9.17, 15) is 4.79 Å². The second-order valence-corrected chi connectivity index (χ2v) is 6.63. The molecule has 0 saturated carbocycles. The Hall–Kier alpha value is -2.34. The van der Waals surface area contributed by atoms with Gasteiger partial charge in [0.1, 0.15) is 5.76 Å². The summed E-state index contributed by atoms with van der Waals surface area (Å²) < 4.78 is 7.19. The molecular weight excluding hydrogens is 304 g/mol. The quantitative estimate of drug-likeness (QED) is 0.804. The molecule has 1 fully saturated rings. The Bertz CT molecular complexity index is 893. The predicted molar refractivity (Wildman–Crippen MR) is 92.1 cm³/mol. The first-order chi connectivity index (χ1) is 11.6. The first kappa shape index (κ1) is 15.2. The highest BCUT2D eigenvalue weighted by atomic mass is 16.5. The van der Waals surface area contributed by atoms with Gasteiger partial charge in [-0.1, -0.05) is 17.3 Å². The number of aromatic amines is 1. The van der Waals surface area contributed by atoms with E-state index in [1.54, 1.807) is 0 Å². The average Bonchev–Trinajstić information content (AvgIpc) is 3.09. The first-order valence-corrected chi connectivity index (χ1v) is 8.47. The van der Waals surface area contributed by atoms with Crippen LogP contribution in [0.1, 0.15) is 35.9 Å². The molecule has 24 heavy (non-hydrogen) atoms. The molecule has 6 heteroatoms. The molecule has 4 rings (SSSR count). The number of benzene rings is 1. The number of likely N-dealkylation sites (tertiary alicyclic amines) is 1. The van der Waals surface area contributed by atoms with Crippen molar-refractivity contribution in [3.8, 4) is 0 Å². The highest BCUT2D eigenvalue weighted by molar-refractivity contribution is 5.75. The Morgan fingerprint density at radius 3 is 2.71 bits per heavy atom.